The van der Waals surface area contributed by atoms with Gasteiger partial charge in [0, 0.05) is 0 Å². The fraction of sp³-hybridized carbons (Fsp3) is 0.455. The summed E-state index contributed by atoms with van der Waals surface area (Å²) in [6.45, 7) is 4.14. The van der Waals surface area contributed by atoms with E-state index in [0.717, 1.165) is 11.5 Å². The Labute approximate surface area is 73.0 Å². The maximum absolute atomic E-state index is 9.50. The van der Waals surface area contributed by atoms with Crippen molar-refractivity contribution >= 4 is 0 Å². The fourth-order valence-corrected chi connectivity index (χ4v) is 1.85. The van der Waals surface area contributed by atoms with Gasteiger partial charge in [-0.25, -0.2) is 0 Å². The number of phenols is 1. The van der Waals surface area contributed by atoms with Crippen molar-refractivity contribution in [2.45, 2.75) is 32.6 Å². The standard InChI is InChI=1S/C11H14O/c1-7-3-6-10(12)8(2)11(7)9-4-5-9/h3,6,9,12H,4-5H2,1-2H3. The zero-order chi connectivity index (χ0) is 8.72. The smallest absolute Gasteiger partial charge is 0.118 e. The molecule has 0 atom stereocenters. The van der Waals surface area contributed by atoms with Crippen molar-refractivity contribution in [3.05, 3.63) is 28.8 Å². The van der Waals surface area contributed by atoms with E-state index in [-0.39, 0.29) is 0 Å². The van der Waals surface area contributed by atoms with E-state index in [2.05, 4.69) is 6.92 Å². The molecule has 1 N–H and O–H groups in total. The van der Waals surface area contributed by atoms with Crippen LogP contribution in [0.1, 0.15) is 35.4 Å². The Bertz CT molecular complexity index is 311. The summed E-state index contributed by atoms with van der Waals surface area (Å²) in [5.74, 6) is 1.18. The summed E-state index contributed by atoms with van der Waals surface area (Å²) in [4.78, 5) is 0. The Morgan fingerprint density at radius 3 is 2.50 bits per heavy atom. The van der Waals surface area contributed by atoms with Crippen molar-refractivity contribution in [1.82, 2.24) is 0 Å². The first kappa shape index (κ1) is 7.66. The van der Waals surface area contributed by atoms with Crippen molar-refractivity contribution in [3.8, 4) is 5.75 Å². The molecule has 0 heterocycles. The van der Waals surface area contributed by atoms with E-state index >= 15 is 0 Å². The topological polar surface area (TPSA) is 20.2 Å². The molecule has 64 valence electrons. The summed E-state index contributed by atoms with van der Waals surface area (Å²) in [6, 6.07) is 3.80. The largest absolute Gasteiger partial charge is 0.508 e. The highest BCUT2D eigenvalue weighted by Crippen LogP contribution is 2.44. The highest BCUT2D eigenvalue weighted by Gasteiger charge is 2.27. The molecule has 1 aromatic rings. The molecule has 0 spiro atoms. The third kappa shape index (κ3) is 1.09. The Hall–Kier alpha value is -0.980. The average molecular weight is 162 g/mol. The van der Waals surface area contributed by atoms with Crippen molar-refractivity contribution < 1.29 is 5.11 Å². The molecule has 0 aliphatic heterocycles. The van der Waals surface area contributed by atoms with Crippen LogP contribution in [-0.4, -0.2) is 5.11 Å². The Kier molecular flexibility index (Phi) is 1.60. The van der Waals surface area contributed by atoms with Crippen LogP contribution in [0, 0.1) is 13.8 Å². The molecule has 0 bridgehead atoms. The number of rotatable bonds is 1. The van der Waals surface area contributed by atoms with Crippen LogP contribution in [0.4, 0.5) is 0 Å². The first-order chi connectivity index (χ1) is 5.70. The van der Waals surface area contributed by atoms with Gasteiger partial charge in [0.2, 0.25) is 0 Å². The second-order valence-corrected chi connectivity index (χ2v) is 3.71. The number of hydrogen-bond donors (Lipinski definition) is 1. The molecule has 0 amide bonds. The average Bonchev–Trinajstić information content (AvgIpc) is 2.81. The van der Waals surface area contributed by atoms with E-state index in [1.54, 1.807) is 6.07 Å². The monoisotopic (exact) mass is 162 g/mol. The molecule has 1 heteroatoms. The molecule has 0 saturated heterocycles. The number of aryl methyl sites for hydroxylation is 1. The molecule has 1 aliphatic rings. The molecule has 1 nitrogen and oxygen atoms in total. The molecular weight excluding hydrogens is 148 g/mol. The molecule has 2 rings (SSSR count). The normalized spacial score (nSPS) is 16.5. The van der Waals surface area contributed by atoms with E-state index in [1.807, 2.05) is 13.0 Å². The van der Waals surface area contributed by atoms with Crippen molar-refractivity contribution in [2.75, 3.05) is 0 Å². The molecule has 0 unspecified atom stereocenters. The van der Waals surface area contributed by atoms with E-state index < -0.39 is 0 Å². The summed E-state index contributed by atoms with van der Waals surface area (Å²) < 4.78 is 0. The van der Waals surface area contributed by atoms with Gasteiger partial charge in [0.1, 0.15) is 5.75 Å². The van der Waals surface area contributed by atoms with Crippen LogP contribution in [0.15, 0.2) is 12.1 Å². The van der Waals surface area contributed by atoms with Crippen LogP contribution < -0.4 is 0 Å². The van der Waals surface area contributed by atoms with E-state index in [9.17, 15) is 5.11 Å². The lowest BCUT2D eigenvalue weighted by molar-refractivity contribution is 0.470. The van der Waals surface area contributed by atoms with E-state index in [4.69, 9.17) is 0 Å². The number of hydrogen-bond acceptors (Lipinski definition) is 1. The molecular formula is C11H14O. The summed E-state index contributed by atoms with van der Waals surface area (Å²) in [7, 11) is 0. The maximum atomic E-state index is 9.50. The lowest BCUT2D eigenvalue weighted by Gasteiger charge is -2.09. The third-order valence-corrected chi connectivity index (χ3v) is 2.69. The van der Waals surface area contributed by atoms with Gasteiger partial charge < -0.3 is 5.11 Å². The molecule has 12 heavy (non-hydrogen) atoms. The Morgan fingerprint density at radius 2 is 1.92 bits per heavy atom. The van der Waals surface area contributed by atoms with E-state index in [1.165, 1.54) is 24.0 Å². The SMILES string of the molecule is Cc1ccc(O)c(C)c1C1CC1. The van der Waals surface area contributed by atoms with Gasteiger partial charge in [0.15, 0.2) is 0 Å². The van der Waals surface area contributed by atoms with Gasteiger partial charge in [-0.15, -0.1) is 0 Å². The minimum absolute atomic E-state index is 0.447. The molecule has 1 aromatic carbocycles. The quantitative estimate of drug-likeness (QED) is 0.673. The van der Waals surface area contributed by atoms with Gasteiger partial charge in [-0.05, 0) is 55.4 Å². The predicted molar refractivity (Wildman–Crippen MR) is 49.6 cm³/mol. The lowest BCUT2D eigenvalue weighted by Crippen LogP contribution is -1.90. The summed E-state index contributed by atoms with van der Waals surface area (Å²) in [6.07, 6.45) is 2.59. The van der Waals surface area contributed by atoms with Crippen LogP contribution in [0.25, 0.3) is 0 Å². The minimum atomic E-state index is 0.447. The summed E-state index contributed by atoms with van der Waals surface area (Å²) in [5.41, 5.74) is 3.79. The minimum Gasteiger partial charge on any atom is -0.508 e. The highest BCUT2D eigenvalue weighted by molar-refractivity contribution is 5.46. The first-order valence-electron chi connectivity index (χ1n) is 4.49. The van der Waals surface area contributed by atoms with Crippen molar-refractivity contribution in [2.24, 2.45) is 0 Å². The van der Waals surface area contributed by atoms with Crippen LogP contribution in [-0.2, 0) is 0 Å². The second kappa shape index (κ2) is 2.51. The van der Waals surface area contributed by atoms with Gasteiger partial charge in [0.25, 0.3) is 0 Å². The van der Waals surface area contributed by atoms with E-state index in [0.29, 0.717) is 5.75 Å². The van der Waals surface area contributed by atoms with Crippen LogP contribution in [0.5, 0.6) is 5.75 Å². The molecule has 0 radical (unpaired) electrons. The molecule has 0 aromatic heterocycles. The van der Waals surface area contributed by atoms with Crippen molar-refractivity contribution in [3.63, 3.8) is 0 Å². The van der Waals surface area contributed by atoms with Gasteiger partial charge in [-0.3, -0.25) is 0 Å². The maximum Gasteiger partial charge on any atom is 0.118 e. The third-order valence-electron chi connectivity index (χ3n) is 2.69. The molecule has 1 saturated carbocycles. The first-order valence-corrected chi connectivity index (χ1v) is 4.49. The molecule has 1 aliphatic carbocycles. The van der Waals surface area contributed by atoms with Crippen LogP contribution in [0.2, 0.25) is 0 Å². The number of benzene rings is 1. The number of phenolic OH excluding ortho intramolecular Hbond substituents is 1. The van der Waals surface area contributed by atoms with Crippen LogP contribution >= 0.6 is 0 Å². The Morgan fingerprint density at radius 1 is 1.25 bits per heavy atom. The summed E-state index contributed by atoms with van der Waals surface area (Å²) >= 11 is 0. The van der Waals surface area contributed by atoms with Crippen molar-refractivity contribution in [1.29, 1.82) is 0 Å². The van der Waals surface area contributed by atoms with Crippen LogP contribution in [0.3, 0.4) is 0 Å². The van der Waals surface area contributed by atoms with Gasteiger partial charge in [-0.2, -0.15) is 0 Å². The lowest BCUT2D eigenvalue weighted by atomic mass is 9.98. The molecule has 1 fully saturated rings. The second-order valence-electron chi connectivity index (χ2n) is 3.71. The van der Waals surface area contributed by atoms with Gasteiger partial charge in [-0.1, -0.05) is 6.07 Å². The summed E-state index contributed by atoms with van der Waals surface area (Å²) in [5, 5.41) is 9.50. The highest BCUT2D eigenvalue weighted by atomic mass is 16.3. The zero-order valence-corrected chi connectivity index (χ0v) is 7.59. The predicted octanol–water partition coefficient (Wildman–Crippen LogP) is 2.89. The zero-order valence-electron chi connectivity index (χ0n) is 7.59. The van der Waals surface area contributed by atoms with Gasteiger partial charge in [0.05, 0.1) is 0 Å². The fourth-order valence-electron chi connectivity index (χ4n) is 1.85. The number of aromatic hydroxyl groups is 1. The Balaban J connectivity index is 2.55. The van der Waals surface area contributed by atoms with Gasteiger partial charge >= 0.3 is 0 Å².